The highest BCUT2D eigenvalue weighted by molar-refractivity contribution is 6.31. The van der Waals surface area contributed by atoms with Crippen LogP contribution in [0.1, 0.15) is 5.56 Å². The van der Waals surface area contributed by atoms with Crippen LogP contribution in [0.25, 0.3) is 0 Å². The molecule has 0 amide bonds. The van der Waals surface area contributed by atoms with Gasteiger partial charge in [0.1, 0.15) is 18.0 Å². The molecule has 5 heteroatoms. The maximum absolute atomic E-state index is 6.09. The number of anilines is 2. The number of aromatic nitrogens is 2. The minimum Gasteiger partial charge on any atom is -0.366 e. The van der Waals surface area contributed by atoms with E-state index in [0.717, 1.165) is 22.2 Å². The van der Waals surface area contributed by atoms with E-state index in [0.29, 0.717) is 13.1 Å². The third-order valence-electron chi connectivity index (χ3n) is 2.51. The number of hydrogen-bond acceptors (Lipinski definition) is 4. The van der Waals surface area contributed by atoms with Crippen molar-refractivity contribution >= 4 is 23.2 Å². The minimum atomic E-state index is 0.623. The smallest absolute Gasteiger partial charge is 0.131 e. The van der Waals surface area contributed by atoms with Crippen LogP contribution >= 0.6 is 11.6 Å². The van der Waals surface area contributed by atoms with E-state index in [1.165, 1.54) is 6.33 Å². The van der Waals surface area contributed by atoms with Gasteiger partial charge in [-0.05, 0) is 11.6 Å². The first-order valence-electron chi connectivity index (χ1n) is 5.93. The average Bonchev–Trinajstić information content (AvgIpc) is 2.45. The van der Waals surface area contributed by atoms with Crippen molar-refractivity contribution in [2.45, 2.75) is 6.54 Å². The fourth-order valence-electron chi connectivity index (χ4n) is 1.55. The van der Waals surface area contributed by atoms with E-state index in [2.05, 4.69) is 27.2 Å². The molecule has 2 aromatic rings. The maximum Gasteiger partial charge on any atom is 0.131 e. The lowest BCUT2D eigenvalue weighted by atomic mass is 10.2. The normalized spacial score (nSPS) is 9.95. The van der Waals surface area contributed by atoms with Crippen LogP contribution in [0.3, 0.4) is 0 Å². The highest BCUT2D eigenvalue weighted by Gasteiger charge is 2.01. The molecule has 0 aliphatic carbocycles. The number of halogens is 1. The van der Waals surface area contributed by atoms with Gasteiger partial charge in [-0.25, -0.2) is 9.97 Å². The van der Waals surface area contributed by atoms with Crippen molar-refractivity contribution in [3.8, 4) is 0 Å². The first kappa shape index (κ1) is 13.4. The Balaban J connectivity index is 1.99. The van der Waals surface area contributed by atoms with Crippen molar-refractivity contribution in [1.82, 2.24) is 9.97 Å². The SMILES string of the molecule is C=CCNc1cc(NCc2ccccc2Cl)ncn1. The van der Waals surface area contributed by atoms with Crippen LogP contribution in [0.15, 0.2) is 49.3 Å². The second kappa shape index (κ2) is 6.75. The summed E-state index contributed by atoms with van der Waals surface area (Å²) in [4.78, 5) is 8.27. The van der Waals surface area contributed by atoms with E-state index in [4.69, 9.17) is 11.6 Å². The number of nitrogens with zero attached hydrogens (tertiary/aromatic N) is 2. The molecular weight excluding hydrogens is 260 g/mol. The van der Waals surface area contributed by atoms with E-state index in [-0.39, 0.29) is 0 Å². The van der Waals surface area contributed by atoms with E-state index in [1.807, 2.05) is 30.3 Å². The predicted octanol–water partition coefficient (Wildman–Crippen LogP) is 3.34. The molecule has 0 saturated heterocycles. The van der Waals surface area contributed by atoms with E-state index in [9.17, 15) is 0 Å². The molecule has 0 aliphatic rings. The lowest BCUT2D eigenvalue weighted by molar-refractivity contribution is 1.07. The Bertz CT molecular complexity index is 557. The van der Waals surface area contributed by atoms with E-state index >= 15 is 0 Å². The van der Waals surface area contributed by atoms with E-state index in [1.54, 1.807) is 6.08 Å². The standard InChI is InChI=1S/C14H15ClN4/c1-2-7-16-13-8-14(19-10-18-13)17-9-11-5-3-4-6-12(11)15/h2-6,8,10H,1,7,9H2,(H2,16,17,18,19). The van der Waals surface area contributed by atoms with Crippen LogP contribution in [-0.4, -0.2) is 16.5 Å². The van der Waals surface area contributed by atoms with Crippen molar-refractivity contribution in [2.75, 3.05) is 17.2 Å². The van der Waals surface area contributed by atoms with Gasteiger partial charge in [-0.2, -0.15) is 0 Å². The zero-order valence-electron chi connectivity index (χ0n) is 10.4. The zero-order chi connectivity index (χ0) is 13.5. The highest BCUT2D eigenvalue weighted by atomic mass is 35.5. The summed E-state index contributed by atoms with van der Waals surface area (Å²) in [5.74, 6) is 1.51. The van der Waals surface area contributed by atoms with Crippen LogP contribution in [0.5, 0.6) is 0 Å². The molecule has 0 aliphatic heterocycles. The van der Waals surface area contributed by atoms with Gasteiger partial charge in [-0.3, -0.25) is 0 Å². The summed E-state index contributed by atoms with van der Waals surface area (Å²) in [5.41, 5.74) is 1.03. The summed E-state index contributed by atoms with van der Waals surface area (Å²) in [6.07, 6.45) is 3.29. The predicted molar refractivity (Wildman–Crippen MR) is 79.5 cm³/mol. The number of nitrogens with one attached hydrogen (secondary N) is 2. The number of hydrogen-bond donors (Lipinski definition) is 2. The van der Waals surface area contributed by atoms with Crippen molar-refractivity contribution < 1.29 is 0 Å². The molecule has 98 valence electrons. The van der Waals surface area contributed by atoms with E-state index < -0.39 is 0 Å². The molecule has 0 bridgehead atoms. The Morgan fingerprint density at radius 2 is 1.89 bits per heavy atom. The second-order valence-electron chi connectivity index (χ2n) is 3.90. The Morgan fingerprint density at radius 1 is 1.16 bits per heavy atom. The molecule has 0 radical (unpaired) electrons. The number of benzene rings is 1. The fraction of sp³-hybridized carbons (Fsp3) is 0.143. The zero-order valence-corrected chi connectivity index (χ0v) is 11.2. The van der Waals surface area contributed by atoms with Gasteiger partial charge in [-0.15, -0.1) is 6.58 Å². The maximum atomic E-state index is 6.09. The monoisotopic (exact) mass is 274 g/mol. The molecule has 0 spiro atoms. The second-order valence-corrected chi connectivity index (χ2v) is 4.31. The van der Waals surface area contributed by atoms with Gasteiger partial charge < -0.3 is 10.6 Å². The molecule has 19 heavy (non-hydrogen) atoms. The minimum absolute atomic E-state index is 0.623. The van der Waals surface area contributed by atoms with Crippen LogP contribution in [0.2, 0.25) is 5.02 Å². The first-order valence-corrected chi connectivity index (χ1v) is 6.31. The van der Waals surface area contributed by atoms with Gasteiger partial charge in [0, 0.05) is 24.2 Å². The third-order valence-corrected chi connectivity index (χ3v) is 2.88. The quantitative estimate of drug-likeness (QED) is 0.793. The van der Waals surface area contributed by atoms with Gasteiger partial charge in [-0.1, -0.05) is 35.9 Å². The van der Waals surface area contributed by atoms with Gasteiger partial charge >= 0.3 is 0 Å². The Labute approximate surface area is 117 Å². The first-order chi connectivity index (χ1) is 9.29. The van der Waals surface area contributed by atoms with Crippen molar-refractivity contribution in [2.24, 2.45) is 0 Å². The molecule has 2 N–H and O–H groups in total. The molecular formula is C14H15ClN4. The lowest BCUT2D eigenvalue weighted by Gasteiger charge is -2.08. The Morgan fingerprint density at radius 3 is 2.63 bits per heavy atom. The average molecular weight is 275 g/mol. The summed E-state index contributed by atoms with van der Waals surface area (Å²) >= 11 is 6.09. The molecule has 2 rings (SSSR count). The van der Waals surface area contributed by atoms with Gasteiger partial charge in [0.05, 0.1) is 0 Å². The summed E-state index contributed by atoms with van der Waals surface area (Å²) in [6, 6.07) is 9.57. The molecule has 4 nitrogen and oxygen atoms in total. The summed E-state index contributed by atoms with van der Waals surface area (Å²) in [7, 11) is 0. The molecule has 0 atom stereocenters. The lowest BCUT2D eigenvalue weighted by Crippen LogP contribution is -2.05. The molecule has 0 fully saturated rings. The van der Waals surface area contributed by atoms with Crippen molar-refractivity contribution in [3.63, 3.8) is 0 Å². The summed E-state index contributed by atoms with van der Waals surface area (Å²) in [6.45, 7) is 4.94. The van der Waals surface area contributed by atoms with Crippen molar-refractivity contribution in [3.05, 3.63) is 59.9 Å². The fourth-order valence-corrected chi connectivity index (χ4v) is 1.76. The van der Waals surface area contributed by atoms with Crippen LogP contribution < -0.4 is 10.6 Å². The van der Waals surface area contributed by atoms with Gasteiger partial charge in [0.25, 0.3) is 0 Å². The largest absolute Gasteiger partial charge is 0.366 e. The van der Waals surface area contributed by atoms with Gasteiger partial charge in [0.2, 0.25) is 0 Å². The third kappa shape index (κ3) is 3.96. The summed E-state index contributed by atoms with van der Waals surface area (Å²) < 4.78 is 0. The molecule has 0 saturated carbocycles. The molecule has 1 heterocycles. The number of rotatable bonds is 6. The highest BCUT2D eigenvalue weighted by Crippen LogP contribution is 2.16. The topological polar surface area (TPSA) is 49.8 Å². The van der Waals surface area contributed by atoms with Gasteiger partial charge in [0.15, 0.2) is 0 Å². The molecule has 1 aromatic heterocycles. The van der Waals surface area contributed by atoms with Crippen molar-refractivity contribution in [1.29, 1.82) is 0 Å². The molecule has 1 aromatic carbocycles. The Hall–Kier alpha value is -2.07. The van der Waals surface area contributed by atoms with Crippen LogP contribution in [0, 0.1) is 0 Å². The molecule has 0 unspecified atom stereocenters. The Kier molecular flexibility index (Phi) is 4.75. The summed E-state index contributed by atoms with van der Waals surface area (Å²) in [5, 5.41) is 7.07. The van der Waals surface area contributed by atoms with Crippen LogP contribution in [0.4, 0.5) is 11.6 Å². The van der Waals surface area contributed by atoms with Crippen LogP contribution in [-0.2, 0) is 6.54 Å².